The van der Waals surface area contributed by atoms with E-state index in [1.54, 1.807) is 0 Å². The van der Waals surface area contributed by atoms with E-state index in [0.29, 0.717) is 13.2 Å². The Morgan fingerprint density at radius 1 is 1.05 bits per heavy atom. The predicted octanol–water partition coefficient (Wildman–Crippen LogP) is 4.10. The number of hydrogen-bond donors (Lipinski definition) is 0. The number of rotatable bonds is 1. The molecule has 0 radical (unpaired) electrons. The van der Waals surface area contributed by atoms with E-state index in [0.717, 1.165) is 31.2 Å². The van der Waals surface area contributed by atoms with Crippen LogP contribution in [-0.4, -0.2) is 19.0 Å². The quantitative estimate of drug-likeness (QED) is 0.781. The summed E-state index contributed by atoms with van der Waals surface area (Å²) in [6.07, 6.45) is 3.25. The third-order valence-corrected chi connectivity index (χ3v) is 4.46. The normalized spacial score (nSPS) is 22.2. The van der Waals surface area contributed by atoms with Gasteiger partial charge in [-0.05, 0) is 25.3 Å². The summed E-state index contributed by atoms with van der Waals surface area (Å²) in [5, 5.41) is 9.69. The van der Waals surface area contributed by atoms with Gasteiger partial charge in [-0.3, -0.25) is 0 Å². The van der Waals surface area contributed by atoms with Crippen molar-refractivity contribution in [2.24, 2.45) is 0 Å². The van der Waals surface area contributed by atoms with Gasteiger partial charge in [-0.2, -0.15) is 5.26 Å². The highest BCUT2D eigenvalue weighted by atomic mass is 16.7. The Hall–Kier alpha value is -1.37. The molecule has 0 aromatic heterocycles. The lowest BCUT2D eigenvalue weighted by atomic mass is 9.68. The molecule has 3 nitrogen and oxygen atoms in total. The first-order chi connectivity index (χ1) is 10.2. The molecule has 114 valence electrons. The Balaban J connectivity index is 0.000000774. The topological polar surface area (TPSA) is 42.2 Å². The Labute approximate surface area is 127 Å². The largest absolute Gasteiger partial charge is 0.348 e. The van der Waals surface area contributed by atoms with Gasteiger partial charge in [-0.25, -0.2) is 0 Å². The van der Waals surface area contributed by atoms with Gasteiger partial charge in [0.2, 0.25) is 0 Å². The molecule has 1 spiro atoms. The summed E-state index contributed by atoms with van der Waals surface area (Å²) in [5.41, 5.74) is 1.98. The van der Waals surface area contributed by atoms with Gasteiger partial charge in [0.25, 0.3) is 0 Å². The molecule has 1 aliphatic heterocycles. The van der Waals surface area contributed by atoms with Gasteiger partial charge in [0.15, 0.2) is 5.79 Å². The third-order valence-electron chi connectivity index (χ3n) is 4.46. The van der Waals surface area contributed by atoms with Crippen molar-refractivity contribution in [1.29, 1.82) is 5.26 Å². The van der Waals surface area contributed by atoms with Crippen LogP contribution in [0.3, 0.4) is 0 Å². The summed E-state index contributed by atoms with van der Waals surface area (Å²) >= 11 is 0. The summed E-state index contributed by atoms with van der Waals surface area (Å²) in [7, 11) is 0. The highest BCUT2D eigenvalue weighted by molar-refractivity contribution is 5.36. The average molecular weight is 287 g/mol. The SMILES string of the molecule is CC.Cc1cccc(C2(C#N)CCC3(CC2)OCCO3)c1. The Morgan fingerprint density at radius 2 is 1.67 bits per heavy atom. The minimum Gasteiger partial charge on any atom is -0.348 e. The summed E-state index contributed by atoms with van der Waals surface area (Å²) in [5.74, 6) is -0.399. The molecule has 0 N–H and O–H groups in total. The monoisotopic (exact) mass is 287 g/mol. The second-order valence-electron chi connectivity index (χ2n) is 5.67. The summed E-state index contributed by atoms with van der Waals surface area (Å²) < 4.78 is 11.5. The highest BCUT2D eigenvalue weighted by Gasteiger charge is 2.47. The van der Waals surface area contributed by atoms with Crippen molar-refractivity contribution < 1.29 is 9.47 Å². The first-order valence-electron chi connectivity index (χ1n) is 7.94. The fourth-order valence-corrected chi connectivity index (χ4v) is 3.25. The molecular formula is C18H25NO2. The van der Waals surface area contributed by atoms with Crippen molar-refractivity contribution in [2.75, 3.05) is 13.2 Å². The first-order valence-corrected chi connectivity index (χ1v) is 7.94. The van der Waals surface area contributed by atoms with E-state index in [2.05, 4.69) is 31.2 Å². The number of nitrogens with zero attached hydrogens (tertiary/aromatic N) is 1. The molecular weight excluding hydrogens is 262 g/mol. The summed E-state index contributed by atoms with van der Waals surface area (Å²) in [6, 6.07) is 10.9. The van der Waals surface area contributed by atoms with Crippen LogP contribution in [0, 0.1) is 18.3 Å². The summed E-state index contributed by atoms with van der Waals surface area (Å²) in [6.45, 7) is 7.44. The van der Waals surface area contributed by atoms with Crippen LogP contribution in [-0.2, 0) is 14.9 Å². The zero-order valence-electron chi connectivity index (χ0n) is 13.3. The van der Waals surface area contributed by atoms with Crippen LogP contribution in [0.2, 0.25) is 0 Å². The minimum absolute atomic E-state index is 0.368. The van der Waals surface area contributed by atoms with Crippen molar-refractivity contribution in [3.05, 3.63) is 35.4 Å². The van der Waals surface area contributed by atoms with E-state index in [1.807, 2.05) is 19.9 Å². The Morgan fingerprint density at radius 3 is 2.19 bits per heavy atom. The molecule has 0 bridgehead atoms. The zero-order valence-corrected chi connectivity index (χ0v) is 13.3. The van der Waals surface area contributed by atoms with Crippen LogP contribution < -0.4 is 0 Å². The van der Waals surface area contributed by atoms with Crippen LogP contribution in [0.15, 0.2) is 24.3 Å². The molecule has 2 fully saturated rings. The van der Waals surface area contributed by atoms with Gasteiger partial charge < -0.3 is 9.47 Å². The predicted molar refractivity (Wildman–Crippen MR) is 82.9 cm³/mol. The molecule has 0 atom stereocenters. The minimum atomic E-state index is -0.399. The van der Waals surface area contributed by atoms with E-state index in [4.69, 9.17) is 9.47 Å². The van der Waals surface area contributed by atoms with Gasteiger partial charge in [-0.15, -0.1) is 0 Å². The Kier molecular flexibility index (Phi) is 5.03. The van der Waals surface area contributed by atoms with Crippen molar-refractivity contribution in [3.8, 4) is 6.07 Å². The second-order valence-corrected chi connectivity index (χ2v) is 5.67. The number of ether oxygens (including phenoxy) is 2. The van der Waals surface area contributed by atoms with Gasteiger partial charge in [-0.1, -0.05) is 43.7 Å². The van der Waals surface area contributed by atoms with Crippen LogP contribution in [0.25, 0.3) is 0 Å². The van der Waals surface area contributed by atoms with E-state index in [1.165, 1.54) is 5.56 Å². The van der Waals surface area contributed by atoms with E-state index in [-0.39, 0.29) is 5.41 Å². The van der Waals surface area contributed by atoms with Crippen molar-refractivity contribution in [1.82, 2.24) is 0 Å². The van der Waals surface area contributed by atoms with Crippen molar-refractivity contribution >= 4 is 0 Å². The van der Waals surface area contributed by atoms with E-state index >= 15 is 0 Å². The molecule has 2 aliphatic rings. The van der Waals surface area contributed by atoms with Gasteiger partial charge in [0.1, 0.15) is 0 Å². The number of nitriles is 1. The molecule has 0 amide bonds. The van der Waals surface area contributed by atoms with Crippen molar-refractivity contribution in [3.63, 3.8) is 0 Å². The van der Waals surface area contributed by atoms with Crippen LogP contribution >= 0.6 is 0 Å². The van der Waals surface area contributed by atoms with Crippen LogP contribution in [0.4, 0.5) is 0 Å². The van der Waals surface area contributed by atoms with Crippen LogP contribution in [0.1, 0.15) is 50.7 Å². The molecule has 1 saturated carbocycles. The second kappa shape index (κ2) is 6.60. The number of aryl methyl sites for hydroxylation is 1. The van der Waals surface area contributed by atoms with Crippen molar-refractivity contribution in [2.45, 2.75) is 57.7 Å². The van der Waals surface area contributed by atoms with Gasteiger partial charge >= 0.3 is 0 Å². The Bertz CT molecular complexity index is 502. The molecule has 3 rings (SSSR count). The first kappa shape index (κ1) is 16.0. The maximum Gasteiger partial charge on any atom is 0.168 e. The highest BCUT2D eigenvalue weighted by Crippen LogP contribution is 2.46. The third kappa shape index (κ3) is 3.12. The smallest absolute Gasteiger partial charge is 0.168 e. The lowest BCUT2D eigenvalue weighted by molar-refractivity contribution is -0.182. The maximum atomic E-state index is 9.69. The molecule has 1 heterocycles. The van der Waals surface area contributed by atoms with E-state index < -0.39 is 5.79 Å². The lowest BCUT2D eigenvalue weighted by Crippen LogP contribution is -2.41. The van der Waals surface area contributed by atoms with Gasteiger partial charge in [0, 0.05) is 12.8 Å². The summed E-state index contributed by atoms with van der Waals surface area (Å²) in [4.78, 5) is 0. The van der Waals surface area contributed by atoms with Gasteiger partial charge in [0.05, 0.1) is 24.7 Å². The molecule has 0 unspecified atom stereocenters. The maximum absolute atomic E-state index is 9.69. The lowest BCUT2D eigenvalue weighted by Gasteiger charge is -2.40. The number of benzene rings is 1. The molecule has 1 aromatic rings. The van der Waals surface area contributed by atoms with Crippen LogP contribution in [0.5, 0.6) is 0 Å². The standard InChI is InChI=1S/C16H19NO2.C2H6/c1-13-3-2-4-14(11-13)15(12-17)5-7-16(8-6-15)18-9-10-19-16;1-2/h2-4,11H,5-10H2,1H3;1-2H3. The average Bonchev–Trinajstić information content (AvgIpc) is 2.99. The fourth-order valence-electron chi connectivity index (χ4n) is 3.25. The molecule has 3 heteroatoms. The molecule has 1 aliphatic carbocycles. The van der Waals surface area contributed by atoms with E-state index in [9.17, 15) is 5.26 Å². The fraction of sp³-hybridized carbons (Fsp3) is 0.611. The number of hydrogen-bond acceptors (Lipinski definition) is 3. The molecule has 21 heavy (non-hydrogen) atoms. The zero-order chi connectivity index (χ0) is 15.3. The molecule has 1 aromatic carbocycles. The molecule has 1 saturated heterocycles.